The molecule has 1 saturated heterocycles. The zero-order chi connectivity index (χ0) is 44.9. The van der Waals surface area contributed by atoms with Gasteiger partial charge >= 0.3 is 11.8 Å². The predicted octanol–water partition coefficient (Wildman–Crippen LogP) is 6.33. The molecule has 9 atom stereocenters. The van der Waals surface area contributed by atoms with Crippen molar-refractivity contribution in [2.24, 2.45) is 29.6 Å². The molecule has 1 amide bonds. The number of hydrogen-bond donors (Lipinski definition) is 7. The van der Waals surface area contributed by atoms with Crippen molar-refractivity contribution < 1.29 is 53.8 Å². The Labute approximate surface area is 358 Å². The van der Waals surface area contributed by atoms with E-state index in [-0.39, 0.29) is 44.7 Å². The summed E-state index contributed by atoms with van der Waals surface area (Å²) >= 11 is 0. The number of Topliss-reactive ketones (excluding diaryl/α,β-unsaturated/α-hetero) is 1. The Morgan fingerprint density at radius 1 is 0.934 bits per heavy atom. The number of aromatic hydroxyl groups is 2. The molecule has 4 bridgehead atoms. The molecule has 1 fully saturated rings. The molecule has 15 heteroatoms. The third-order valence-electron chi connectivity index (χ3n) is 13.1. The highest BCUT2D eigenvalue weighted by Crippen LogP contribution is 2.59. The number of nitrogens with one attached hydrogen (secondary N) is 3. The SMILES string of the molecule is CO[C@H]1/C=C/O[C@@]2(C)Oc3c(C)c(O)c4c(O)c(c5c(c4c3C2=O)NC2(CCN(CC(C)C)CC2)N5)NC(=O)/C(C)=C\C=C\[C@H](C)[C@H](O)[C@@H](C)[C@@H](O)[C@@H](C)[C@H](OC(C)=O)[C@@H]1C. The molecule has 1 spiro atoms. The topological polar surface area (TPSA) is 208 Å². The van der Waals surface area contributed by atoms with Gasteiger partial charge in [0.1, 0.15) is 29.0 Å². The van der Waals surface area contributed by atoms with Gasteiger partial charge in [0.25, 0.3) is 11.7 Å². The zero-order valence-corrected chi connectivity index (χ0v) is 37.2. The van der Waals surface area contributed by atoms with Crippen molar-refractivity contribution in [1.82, 2.24) is 4.90 Å². The molecular weight excluding hydrogens is 785 g/mol. The molecule has 6 rings (SSSR count). The minimum atomic E-state index is -1.93. The number of ketones is 1. The summed E-state index contributed by atoms with van der Waals surface area (Å²) in [4.78, 5) is 43.5. The maximum atomic E-state index is 14.7. The second kappa shape index (κ2) is 17.5. The molecule has 0 aromatic heterocycles. The Hall–Kier alpha value is -4.83. The molecule has 4 aliphatic rings. The smallest absolute Gasteiger partial charge is 0.312 e. The maximum Gasteiger partial charge on any atom is 0.312 e. The van der Waals surface area contributed by atoms with Crippen LogP contribution in [-0.2, 0) is 23.8 Å². The molecule has 0 radical (unpaired) electrons. The summed E-state index contributed by atoms with van der Waals surface area (Å²) in [7, 11) is 1.47. The van der Waals surface area contributed by atoms with E-state index in [1.165, 1.54) is 27.2 Å². The third kappa shape index (κ3) is 8.54. The minimum Gasteiger partial charge on any atom is -0.507 e. The highest BCUT2D eigenvalue weighted by Gasteiger charge is 2.51. The Bertz CT molecular complexity index is 2140. The number of piperidine rings is 1. The Kier molecular flexibility index (Phi) is 13.1. The quantitative estimate of drug-likeness (QED) is 0.102. The second-order valence-electron chi connectivity index (χ2n) is 18.1. The highest BCUT2D eigenvalue weighted by molar-refractivity contribution is 6.26. The number of phenols is 2. The van der Waals surface area contributed by atoms with Gasteiger partial charge in [-0.25, -0.2) is 0 Å². The lowest BCUT2D eigenvalue weighted by atomic mass is 9.78. The summed E-state index contributed by atoms with van der Waals surface area (Å²) in [6, 6.07) is 0. The number of likely N-dealkylation sites (tertiary alicyclic amines) is 1. The lowest BCUT2D eigenvalue weighted by molar-refractivity contribution is -0.160. The van der Waals surface area contributed by atoms with E-state index in [1.54, 1.807) is 65.8 Å². The lowest BCUT2D eigenvalue weighted by Crippen LogP contribution is -2.52. The molecule has 2 aromatic rings. The number of rotatable bonds is 4. The number of phenolic OH excluding ortho intramolecular Hbond substituents is 2. The van der Waals surface area contributed by atoms with E-state index in [0.717, 1.165) is 19.6 Å². The van der Waals surface area contributed by atoms with E-state index in [2.05, 4.69) is 34.7 Å². The number of aliphatic hydroxyl groups is 2. The minimum absolute atomic E-state index is 0.0307. The van der Waals surface area contributed by atoms with Gasteiger partial charge in [0.15, 0.2) is 5.75 Å². The van der Waals surface area contributed by atoms with Crippen LogP contribution in [0.2, 0.25) is 0 Å². The average molecular weight is 849 g/mol. The number of carbonyl (C=O) groups is 3. The van der Waals surface area contributed by atoms with Crippen LogP contribution in [0.3, 0.4) is 0 Å². The molecule has 4 aliphatic heterocycles. The van der Waals surface area contributed by atoms with Gasteiger partial charge < -0.3 is 60.2 Å². The van der Waals surface area contributed by atoms with E-state index in [0.29, 0.717) is 30.1 Å². The summed E-state index contributed by atoms with van der Waals surface area (Å²) in [5, 5.41) is 57.3. The molecule has 0 saturated carbocycles. The number of allylic oxidation sites excluding steroid dienone is 2. The van der Waals surface area contributed by atoms with Crippen molar-refractivity contribution in [3.63, 3.8) is 0 Å². The Balaban J connectivity index is 1.51. The van der Waals surface area contributed by atoms with E-state index in [9.17, 15) is 34.8 Å². The normalized spacial score (nSPS) is 32.7. The number of carbonyl (C=O) groups excluding carboxylic acids is 3. The number of nitrogens with zero attached hydrogens (tertiary/aromatic N) is 1. The first-order valence-electron chi connectivity index (χ1n) is 21.3. The number of anilines is 3. The number of fused-ring (bicyclic) bond motifs is 1. The van der Waals surface area contributed by atoms with Crippen LogP contribution in [-0.4, -0.2) is 106 Å². The largest absolute Gasteiger partial charge is 0.507 e. The van der Waals surface area contributed by atoms with Crippen molar-refractivity contribution >= 4 is 45.5 Å². The maximum absolute atomic E-state index is 14.7. The Morgan fingerprint density at radius 3 is 2.21 bits per heavy atom. The average Bonchev–Trinajstić information content (AvgIpc) is 3.71. The molecule has 7 N–H and O–H groups in total. The number of aliphatic hydroxyl groups excluding tert-OH is 2. The monoisotopic (exact) mass is 848 g/mol. The van der Waals surface area contributed by atoms with Crippen molar-refractivity contribution in [3.05, 3.63) is 47.3 Å². The fourth-order valence-electron chi connectivity index (χ4n) is 9.39. The zero-order valence-electron chi connectivity index (χ0n) is 37.2. The van der Waals surface area contributed by atoms with Gasteiger partial charge in [0.05, 0.1) is 46.9 Å². The summed E-state index contributed by atoms with van der Waals surface area (Å²) in [5.41, 5.74) is 0.639. The first-order chi connectivity index (χ1) is 28.6. The number of hydrogen-bond acceptors (Lipinski definition) is 14. The number of methoxy groups -OCH3 is 1. The van der Waals surface area contributed by atoms with E-state index >= 15 is 0 Å². The first kappa shape index (κ1) is 45.7. The summed E-state index contributed by atoms with van der Waals surface area (Å²) < 4.78 is 24.0. The summed E-state index contributed by atoms with van der Waals surface area (Å²) in [6.07, 6.45) is 5.35. The van der Waals surface area contributed by atoms with Gasteiger partial charge in [-0.15, -0.1) is 0 Å². The van der Waals surface area contributed by atoms with Crippen LogP contribution in [0, 0.1) is 36.5 Å². The molecule has 0 aliphatic carbocycles. The van der Waals surface area contributed by atoms with E-state index in [1.807, 2.05) is 0 Å². The standard InChI is InChI=1S/C46H64N4O11/c1-22(2)21-50-18-16-46(17-19-50)48-34-31-32-39(54)28(8)42-33(31)43(56)45(10,61-42)59-20-15-30(58-11)25(5)41(60-29(9)51)27(7)38(53)26(6)37(52)23(3)13-12-14-24(4)44(57)47-36(40(32)55)35(34)49-46/h12-15,20,22-23,25-27,30,37-38,41,48-49,52-55H,16-19,21H2,1-11H3,(H,47,57)/b13-12+,20-15+,24-14-/t23-,25+,26+,27+,30-,37-,38+,41+,45-/m0/s1. The molecule has 4 heterocycles. The predicted molar refractivity (Wildman–Crippen MR) is 233 cm³/mol. The van der Waals surface area contributed by atoms with E-state index < -0.39 is 82.9 Å². The Morgan fingerprint density at radius 2 is 1.59 bits per heavy atom. The molecule has 2 aromatic carbocycles. The van der Waals surface area contributed by atoms with Gasteiger partial charge in [-0.05, 0) is 25.8 Å². The van der Waals surface area contributed by atoms with Crippen molar-refractivity contribution in [2.75, 3.05) is 42.7 Å². The van der Waals surface area contributed by atoms with E-state index in [4.69, 9.17) is 18.9 Å². The summed E-state index contributed by atoms with van der Waals surface area (Å²) in [6.45, 7) is 19.8. The number of ether oxygens (including phenoxy) is 4. The fraction of sp³-hybridized carbons (Fsp3) is 0.587. The lowest BCUT2D eigenvalue weighted by Gasteiger charge is -2.40. The van der Waals surface area contributed by atoms with Crippen molar-refractivity contribution in [2.45, 2.75) is 118 Å². The first-order valence-corrected chi connectivity index (χ1v) is 21.3. The van der Waals surface area contributed by atoms with Crippen LogP contribution in [0.25, 0.3) is 10.8 Å². The molecule has 0 unspecified atom stereocenters. The molecule has 334 valence electrons. The molecule has 15 nitrogen and oxygen atoms in total. The van der Waals surface area contributed by atoms with Gasteiger partial charge in [-0.3, -0.25) is 14.4 Å². The van der Waals surface area contributed by atoms with Gasteiger partial charge in [-0.2, -0.15) is 0 Å². The van der Waals surface area contributed by atoms with Crippen LogP contribution in [0.4, 0.5) is 17.1 Å². The van der Waals surface area contributed by atoms with Crippen molar-refractivity contribution in [1.29, 1.82) is 0 Å². The number of esters is 1. The molecule has 61 heavy (non-hydrogen) atoms. The summed E-state index contributed by atoms with van der Waals surface area (Å²) in [5.74, 6) is -6.18. The molecular formula is C46H64N4O11. The van der Waals surface area contributed by atoms with Gasteiger partial charge in [0.2, 0.25) is 0 Å². The van der Waals surface area contributed by atoms with Crippen LogP contribution >= 0.6 is 0 Å². The van der Waals surface area contributed by atoms with Crippen LogP contribution in [0.15, 0.2) is 36.1 Å². The van der Waals surface area contributed by atoms with Crippen LogP contribution in [0.5, 0.6) is 17.2 Å². The van der Waals surface area contributed by atoms with Gasteiger partial charge in [-0.1, -0.05) is 59.8 Å². The number of benzene rings is 2. The second-order valence-corrected chi connectivity index (χ2v) is 18.1. The third-order valence-corrected chi connectivity index (χ3v) is 13.1. The van der Waals surface area contributed by atoms with Gasteiger partial charge in [0, 0.05) is 93.6 Å². The highest BCUT2D eigenvalue weighted by atomic mass is 16.7. The van der Waals surface area contributed by atoms with Crippen molar-refractivity contribution in [3.8, 4) is 17.2 Å². The number of amides is 1. The fourth-order valence-corrected chi connectivity index (χ4v) is 9.39. The van der Waals surface area contributed by atoms with Crippen LogP contribution in [0.1, 0.15) is 91.1 Å². The van der Waals surface area contributed by atoms with Crippen LogP contribution < -0.4 is 20.7 Å².